The third-order valence-corrected chi connectivity index (χ3v) is 3.98. The highest BCUT2D eigenvalue weighted by Crippen LogP contribution is 2.28. The van der Waals surface area contributed by atoms with Crippen molar-refractivity contribution >= 4 is 0 Å². The van der Waals surface area contributed by atoms with Crippen LogP contribution >= 0.6 is 0 Å². The monoisotopic (exact) mass is 303 g/mol. The lowest BCUT2D eigenvalue weighted by molar-refractivity contribution is 0.0807. The fourth-order valence-electron chi connectivity index (χ4n) is 2.77. The van der Waals surface area contributed by atoms with Gasteiger partial charge in [0.1, 0.15) is 11.9 Å². The van der Waals surface area contributed by atoms with Crippen molar-refractivity contribution in [3.63, 3.8) is 0 Å². The Bertz CT molecular complexity index is 458. The molecule has 0 unspecified atom stereocenters. The molecular weight excluding hydrogens is 270 g/mol. The fourth-order valence-corrected chi connectivity index (χ4v) is 2.77. The summed E-state index contributed by atoms with van der Waals surface area (Å²) in [6, 6.07) is 9.28. The van der Waals surface area contributed by atoms with Crippen molar-refractivity contribution in [1.82, 2.24) is 5.32 Å². The van der Waals surface area contributed by atoms with Crippen LogP contribution in [0, 0.1) is 10.8 Å². The van der Waals surface area contributed by atoms with Gasteiger partial charge >= 0.3 is 0 Å². The van der Waals surface area contributed by atoms with Gasteiger partial charge in [0.25, 0.3) is 0 Å². The smallest absolute Gasteiger partial charge is 0.119 e. The normalized spacial score (nSPS) is 22.3. The van der Waals surface area contributed by atoms with E-state index < -0.39 is 0 Å². The van der Waals surface area contributed by atoms with Crippen LogP contribution in [0.3, 0.4) is 0 Å². The first-order valence-corrected chi connectivity index (χ1v) is 8.60. The molecule has 0 amide bonds. The fraction of sp³-hybridized carbons (Fsp3) is 0.700. The molecule has 0 bridgehead atoms. The van der Waals surface area contributed by atoms with Gasteiger partial charge in [-0.05, 0) is 47.8 Å². The van der Waals surface area contributed by atoms with E-state index in [-0.39, 0.29) is 0 Å². The Morgan fingerprint density at radius 3 is 2.05 bits per heavy atom. The van der Waals surface area contributed by atoms with Crippen LogP contribution in [0.25, 0.3) is 0 Å². The van der Waals surface area contributed by atoms with Gasteiger partial charge in [0, 0.05) is 12.6 Å². The van der Waals surface area contributed by atoms with Gasteiger partial charge in [0.05, 0.1) is 0 Å². The van der Waals surface area contributed by atoms with Gasteiger partial charge in [-0.3, -0.25) is 0 Å². The minimum Gasteiger partial charge on any atom is -0.490 e. The van der Waals surface area contributed by atoms with Gasteiger partial charge in [0.2, 0.25) is 0 Å². The summed E-state index contributed by atoms with van der Waals surface area (Å²) >= 11 is 0. The Balaban J connectivity index is 1.72. The van der Waals surface area contributed by atoms with Crippen LogP contribution in [0.15, 0.2) is 24.3 Å². The highest BCUT2D eigenvalue weighted by atomic mass is 16.5. The van der Waals surface area contributed by atoms with Crippen molar-refractivity contribution in [2.45, 2.75) is 73.0 Å². The zero-order chi connectivity index (χ0) is 16.4. The molecule has 1 saturated carbocycles. The van der Waals surface area contributed by atoms with Gasteiger partial charge in [-0.2, -0.15) is 0 Å². The summed E-state index contributed by atoms with van der Waals surface area (Å²) in [7, 11) is 0. The molecule has 0 spiro atoms. The molecule has 1 aliphatic rings. The van der Waals surface area contributed by atoms with Crippen molar-refractivity contribution in [2.24, 2.45) is 10.8 Å². The first kappa shape index (κ1) is 17.3. The Hall–Kier alpha value is -1.02. The Morgan fingerprint density at radius 2 is 1.55 bits per heavy atom. The Kier molecular flexibility index (Phi) is 5.21. The zero-order valence-corrected chi connectivity index (χ0v) is 15.2. The van der Waals surface area contributed by atoms with Gasteiger partial charge in [-0.15, -0.1) is 0 Å². The van der Waals surface area contributed by atoms with Crippen LogP contribution in [0.2, 0.25) is 0 Å². The number of hydrogen-bond acceptors (Lipinski definition) is 2. The maximum absolute atomic E-state index is 6.06. The molecule has 22 heavy (non-hydrogen) atoms. The van der Waals surface area contributed by atoms with E-state index in [0.717, 1.165) is 31.6 Å². The molecule has 0 aromatic heterocycles. The predicted octanol–water partition coefficient (Wildman–Crippen LogP) is 4.82. The summed E-state index contributed by atoms with van der Waals surface area (Å²) < 4.78 is 6.06. The van der Waals surface area contributed by atoms with Crippen LogP contribution < -0.4 is 10.1 Å². The Morgan fingerprint density at radius 1 is 0.955 bits per heavy atom. The maximum Gasteiger partial charge on any atom is 0.119 e. The Labute approximate surface area is 136 Å². The van der Waals surface area contributed by atoms with Crippen molar-refractivity contribution < 1.29 is 4.74 Å². The van der Waals surface area contributed by atoms with E-state index in [2.05, 4.69) is 71.1 Å². The summed E-state index contributed by atoms with van der Waals surface area (Å²) in [5, 5.41) is 3.63. The summed E-state index contributed by atoms with van der Waals surface area (Å²) in [5.74, 6) is 1.01. The minimum atomic E-state index is 0.336. The molecular formula is C20H33NO. The van der Waals surface area contributed by atoms with E-state index in [9.17, 15) is 0 Å². The molecule has 1 N–H and O–H groups in total. The molecule has 2 nitrogen and oxygen atoms in total. The molecule has 2 heteroatoms. The van der Waals surface area contributed by atoms with E-state index in [0.29, 0.717) is 23.0 Å². The van der Waals surface area contributed by atoms with Crippen molar-refractivity contribution in [3.8, 4) is 5.75 Å². The van der Waals surface area contributed by atoms with Gasteiger partial charge in [-0.1, -0.05) is 53.7 Å². The first-order chi connectivity index (χ1) is 10.1. The second-order valence-corrected chi connectivity index (χ2v) is 9.23. The molecule has 1 aromatic rings. The van der Waals surface area contributed by atoms with Gasteiger partial charge < -0.3 is 10.1 Å². The van der Waals surface area contributed by atoms with Crippen LogP contribution in [0.5, 0.6) is 5.75 Å². The van der Waals surface area contributed by atoms with Crippen LogP contribution in [-0.2, 0) is 6.42 Å². The minimum absolute atomic E-state index is 0.336. The highest BCUT2D eigenvalue weighted by molar-refractivity contribution is 5.28. The van der Waals surface area contributed by atoms with Crippen molar-refractivity contribution in [1.29, 1.82) is 0 Å². The second-order valence-electron chi connectivity index (χ2n) is 9.23. The SMILES string of the molecule is CC(C)(C)CNC1CC(Oc2ccc(CC(C)(C)C)cc2)C1. The summed E-state index contributed by atoms with van der Waals surface area (Å²) in [6.45, 7) is 14.7. The molecule has 1 fully saturated rings. The third-order valence-electron chi connectivity index (χ3n) is 3.98. The molecule has 0 heterocycles. The molecule has 0 radical (unpaired) electrons. The van der Waals surface area contributed by atoms with Gasteiger partial charge in [0.15, 0.2) is 0 Å². The van der Waals surface area contributed by atoms with Crippen molar-refractivity contribution in [3.05, 3.63) is 29.8 Å². The largest absolute Gasteiger partial charge is 0.490 e. The molecule has 0 aliphatic heterocycles. The van der Waals surface area contributed by atoms with Gasteiger partial charge in [-0.25, -0.2) is 0 Å². The first-order valence-electron chi connectivity index (χ1n) is 8.60. The predicted molar refractivity (Wildman–Crippen MR) is 94.5 cm³/mol. The quantitative estimate of drug-likeness (QED) is 0.842. The van der Waals surface area contributed by atoms with E-state index in [1.54, 1.807) is 0 Å². The number of nitrogens with one attached hydrogen (secondary N) is 1. The third kappa shape index (κ3) is 6.00. The van der Waals surface area contributed by atoms with E-state index in [4.69, 9.17) is 4.74 Å². The molecule has 0 saturated heterocycles. The van der Waals surface area contributed by atoms with Crippen molar-refractivity contribution in [2.75, 3.05) is 6.54 Å². The second kappa shape index (κ2) is 6.62. The lowest BCUT2D eigenvalue weighted by Crippen LogP contribution is -2.48. The molecule has 1 aliphatic carbocycles. The molecule has 1 aromatic carbocycles. The molecule has 2 rings (SSSR count). The number of ether oxygens (including phenoxy) is 1. The van der Waals surface area contributed by atoms with Crippen LogP contribution in [0.1, 0.15) is 59.9 Å². The standard InChI is InChI=1S/C20H33NO/c1-19(2,3)13-15-7-9-17(10-8-15)22-18-11-16(12-18)21-14-20(4,5)6/h7-10,16,18,21H,11-14H2,1-6H3. The van der Waals surface area contributed by atoms with E-state index in [1.807, 2.05) is 0 Å². The van der Waals surface area contributed by atoms with E-state index in [1.165, 1.54) is 5.56 Å². The number of rotatable bonds is 5. The molecule has 124 valence electrons. The summed E-state index contributed by atoms with van der Waals surface area (Å²) in [4.78, 5) is 0. The average molecular weight is 303 g/mol. The maximum atomic E-state index is 6.06. The molecule has 0 atom stereocenters. The van der Waals surface area contributed by atoms with Crippen LogP contribution in [0.4, 0.5) is 0 Å². The summed E-state index contributed by atoms with van der Waals surface area (Å²) in [5.41, 5.74) is 2.08. The topological polar surface area (TPSA) is 21.3 Å². The summed E-state index contributed by atoms with van der Waals surface area (Å²) in [6.07, 6.45) is 3.74. The highest BCUT2D eigenvalue weighted by Gasteiger charge is 2.31. The average Bonchev–Trinajstić information content (AvgIpc) is 2.31. The van der Waals surface area contributed by atoms with E-state index >= 15 is 0 Å². The van der Waals surface area contributed by atoms with Crippen LogP contribution in [-0.4, -0.2) is 18.7 Å². The number of hydrogen-bond donors (Lipinski definition) is 1. The lowest BCUT2D eigenvalue weighted by atomic mass is 9.87. The lowest BCUT2D eigenvalue weighted by Gasteiger charge is -2.37. The number of benzene rings is 1. The zero-order valence-electron chi connectivity index (χ0n) is 15.2.